The molecular weight excluding hydrogens is 385 g/mol. The first-order valence-electron chi connectivity index (χ1n) is 6.99. The molecule has 3 nitrogen and oxygen atoms in total. The van der Waals surface area contributed by atoms with Crippen molar-refractivity contribution in [1.82, 2.24) is 5.32 Å². The van der Waals surface area contributed by atoms with E-state index in [0.717, 1.165) is 35.1 Å². The fourth-order valence-electron chi connectivity index (χ4n) is 2.19. The van der Waals surface area contributed by atoms with Gasteiger partial charge in [-0.3, -0.25) is 0 Å². The summed E-state index contributed by atoms with van der Waals surface area (Å²) >= 11 is 3.48. The van der Waals surface area contributed by atoms with Crippen molar-refractivity contribution in [2.45, 2.75) is 13.0 Å². The van der Waals surface area contributed by atoms with Gasteiger partial charge in [0.15, 0.2) is 11.5 Å². The smallest absolute Gasteiger partial charge is 0.174 e. The third kappa shape index (κ3) is 5.68. The van der Waals surface area contributed by atoms with Crippen molar-refractivity contribution in [1.29, 1.82) is 0 Å². The van der Waals surface area contributed by atoms with E-state index < -0.39 is 0 Å². The molecule has 2 rings (SSSR count). The maximum Gasteiger partial charge on any atom is 0.174 e. The summed E-state index contributed by atoms with van der Waals surface area (Å²) in [7, 11) is 3.24. The summed E-state index contributed by atoms with van der Waals surface area (Å²) in [6.07, 6.45) is 0.856. The van der Waals surface area contributed by atoms with E-state index in [-0.39, 0.29) is 18.2 Å². The minimum absolute atomic E-state index is 0. The molecule has 0 unspecified atom stereocenters. The summed E-state index contributed by atoms with van der Waals surface area (Å²) < 4.78 is 24.3. The average molecular weight is 405 g/mol. The highest BCUT2D eigenvalue weighted by atomic mass is 79.9. The lowest BCUT2D eigenvalue weighted by Crippen LogP contribution is -2.16. The fraction of sp³-hybridized carbons (Fsp3) is 0.294. The second-order valence-corrected chi connectivity index (χ2v) is 5.72. The topological polar surface area (TPSA) is 30.5 Å². The van der Waals surface area contributed by atoms with E-state index in [1.54, 1.807) is 14.2 Å². The van der Waals surface area contributed by atoms with Gasteiger partial charge in [0.2, 0.25) is 0 Å². The maximum absolute atomic E-state index is 12.8. The standard InChI is InChI=1S/C17H19BrFNO2.ClH/c1-21-16-10-13(9-15(18)17(16)22-2)11-20-8-7-12-3-5-14(19)6-4-12;/h3-6,9-10,20H,7-8,11H2,1-2H3;1H. The van der Waals surface area contributed by atoms with Gasteiger partial charge in [-0.1, -0.05) is 12.1 Å². The van der Waals surface area contributed by atoms with Crippen molar-refractivity contribution < 1.29 is 13.9 Å². The number of ether oxygens (including phenoxy) is 2. The van der Waals surface area contributed by atoms with E-state index in [2.05, 4.69) is 21.2 Å². The molecule has 2 aromatic carbocycles. The first-order chi connectivity index (χ1) is 10.6. The second kappa shape index (κ2) is 9.75. The lowest BCUT2D eigenvalue weighted by molar-refractivity contribution is 0.352. The highest BCUT2D eigenvalue weighted by molar-refractivity contribution is 9.10. The number of benzene rings is 2. The van der Waals surface area contributed by atoms with Gasteiger partial charge in [0.1, 0.15) is 5.82 Å². The normalized spacial score (nSPS) is 10.1. The number of hydrogen-bond acceptors (Lipinski definition) is 3. The van der Waals surface area contributed by atoms with Crippen LogP contribution in [0.3, 0.4) is 0 Å². The molecule has 0 saturated heterocycles. The molecule has 0 spiro atoms. The van der Waals surface area contributed by atoms with E-state index in [4.69, 9.17) is 9.47 Å². The Morgan fingerprint density at radius 3 is 2.35 bits per heavy atom. The van der Waals surface area contributed by atoms with Crippen LogP contribution in [-0.2, 0) is 13.0 Å². The number of halogens is 3. The van der Waals surface area contributed by atoms with Gasteiger partial charge in [-0.15, -0.1) is 12.4 Å². The predicted octanol–water partition coefficient (Wildman–Crippen LogP) is 4.36. The van der Waals surface area contributed by atoms with Crippen LogP contribution in [0.5, 0.6) is 11.5 Å². The van der Waals surface area contributed by atoms with Crippen LogP contribution in [0.15, 0.2) is 40.9 Å². The largest absolute Gasteiger partial charge is 0.493 e. The molecule has 0 aliphatic rings. The monoisotopic (exact) mass is 403 g/mol. The molecule has 0 aromatic heterocycles. The van der Waals surface area contributed by atoms with Gasteiger partial charge in [0.25, 0.3) is 0 Å². The predicted molar refractivity (Wildman–Crippen MR) is 96.3 cm³/mol. The molecule has 1 N–H and O–H groups in total. The van der Waals surface area contributed by atoms with Crippen molar-refractivity contribution in [3.63, 3.8) is 0 Å². The minimum Gasteiger partial charge on any atom is -0.493 e. The first-order valence-corrected chi connectivity index (χ1v) is 7.79. The summed E-state index contributed by atoms with van der Waals surface area (Å²) in [6, 6.07) is 10.6. The van der Waals surface area contributed by atoms with Crippen LogP contribution in [0.2, 0.25) is 0 Å². The van der Waals surface area contributed by atoms with Crippen molar-refractivity contribution in [2.75, 3.05) is 20.8 Å². The Kier molecular flexibility index (Phi) is 8.37. The lowest BCUT2D eigenvalue weighted by Gasteiger charge is -2.12. The first kappa shape index (κ1) is 19.7. The highest BCUT2D eigenvalue weighted by Crippen LogP contribution is 2.36. The van der Waals surface area contributed by atoms with Gasteiger partial charge in [-0.2, -0.15) is 0 Å². The van der Waals surface area contributed by atoms with Crippen LogP contribution in [-0.4, -0.2) is 20.8 Å². The van der Waals surface area contributed by atoms with E-state index in [1.165, 1.54) is 12.1 Å². The Bertz CT molecular complexity index is 623. The minimum atomic E-state index is -0.202. The van der Waals surface area contributed by atoms with Crippen LogP contribution in [0, 0.1) is 5.82 Å². The Morgan fingerprint density at radius 2 is 1.74 bits per heavy atom. The number of hydrogen-bond donors (Lipinski definition) is 1. The van der Waals surface area contributed by atoms with Crippen LogP contribution < -0.4 is 14.8 Å². The fourth-order valence-corrected chi connectivity index (χ4v) is 2.84. The molecule has 0 saturated carbocycles. The zero-order valence-electron chi connectivity index (χ0n) is 13.1. The SMILES string of the molecule is COc1cc(CNCCc2ccc(F)cc2)cc(Br)c1OC.Cl. The quantitative estimate of drug-likeness (QED) is 0.696. The van der Waals surface area contributed by atoms with Crippen LogP contribution in [0.25, 0.3) is 0 Å². The van der Waals surface area contributed by atoms with Crippen molar-refractivity contribution in [3.05, 3.63) is 57.8 Å². The van der Waals surface area contributed by atoms with Crippen LogP contribution >= 0.6 is 28.3 Å². The molecule has 6 heteroatoms. The third-order valence-corrected chi connectivity index (χ3v) is 3.92. The third-order valence-electron chi connectivity index (χ3n) is 3.33. The van der Waals surface area contributed by atoms with Crippen molar-refractivity contribution in [3.8, 4) is 11.5 Å². The van der Waals surface area contributed by atoms with Gasteiger partial charge >= 0.3 is 0 Å². The Morgan fingerprint density at radius 1 is 1.04 bits per heavy atom. The summed E-state index contributed by atoms with van der Waals surface area (Å²) in [5, 5.41) is 3.37. The van der Waals surface area contributed by atoms with Gasteiger partial charge in [0.05, 0.1) is 18.7 Å². The zero-order chi connectivity index (χ0) is 15.9. The van der Waals surface area contributed by atoms with E-state index >= 15 is 0 Å². The molecule has 126 valence electrons. The molecule has 0 amide bonds. The van der Waals surface area contributed by atoms with Crippen LogP contribution in [0.1, 0.15) is 11.1 Å². The molecule has 23 heavy (non-hydrogen) atoms. The Hall–Kier alpha value is -1.30. The van der Waals surface area contributed by atoms with Gasteiger partial charge < -0.3 is 14.8 Å². The molecule has 0 heterocycles. The van der Waals surface area contributed by atoms with E-state index in [0.29, 0.717) is 11.5 Å². The van der Waals surface area contributed by atoms with Crippen molar-refractivity contribution in [2.24, 2.45) is 0 Å². The molecule has 0 aliphatic carbocycles. The Labute approximate surface area is 150 Å². The molecule has 0 atom stereocenters. The molecule has 0 bridgehead atoms. The molecule has 2 aromatic rings. The number of nitrogens with one attached hydrogen (secondary N) is 1. The summed E-state index contributed by atoms with van der Waals surface area (Å²) in [5.74, 6) is 1.19. The highest BCUT2D eigenvalue weighted by Gasteiger charge is 2.10. The lowest BCUT2D eigenvalue weighted by atomic mass is 10.1. The van der Waals surface area contributed by atoms with Gasteiger partial charge in [-0.05, 0) is 64.3 Å². The van der Waals surface area contributed by atoms with Crippen LogP contribution in [0.4, 0.5) is 4.39 Å². The van der Waals surface area contributed by atoms with E-state index in [9.17, 15) is 4.39 Å². The summed E-state index contributed by atoms with van der Waals surface area (Å²) in [6.45, 7) is 1.54. The van der Waals surface area contributed by atoms with Gasteiger partial charge in [-0.25, -0.2) is 4.39 Å². The number of methoxy groups -OCH3 is 2. The molecule has 0 radical (unpaired) electrons. The summed E-state index contributed by atoms with van der Waals surface area (Å²) in [4.78, 5) is 0. The maximum atomic E-state index is 12.8. The number of rotatable bonds is 7. The average Bonchev–Trinajstić information content (AvgIpc) is 2.52. The zero-order valence-corrected chi connectivity index (χ0v) is 15.5. The molecular formula is C17H20BrClFNO2. The van der Waals surface area contributed by atoms with E-state index in [1.807, 2.05) is 24.3 Å². The molecule has 0 aliphatic heterocycles. The Balaban J connectivity index is 0.00000264. The van der Waals surface area contributed by atoms with Gasteiger partial charge in [0, 0.05) is 6.54 Å². The summed E-state index contributed by atoms with van der Waals surface area (Å²) in [5.41, 5.74) is 2.21. The van der Waals surface area contributed by atoms with Crippen molar-refractivity contribution >= 4 is 28.3 Å². The molecule has 0 fully saturated rings. The second-order valence-electron chi connectivity index (χ2n) is 4.87.